The van der Waals surface area contributed by atoms with E-state index in [1.54, 1.807) is 6.20 Å². The zero-order chi connectivity index (χ0) is 36.2. The van der Waals surface area contributed by atoms with Gasteiger partial charge in [0.2, 0.25) is 5.60 Å². The monoisotopic (exact) mass is 733 g/mol. The van der Waals surface area contributed by atoms with Crippen LogP contribution < -0.4 is 0 Å². The SMILES string of the molecule is C[Si](C)(C)C#C[C@](O)(c1nccs1)[C@@H]1O[C@H](COCc2ccccc2)[C@@H](OCc2ccccc2)[C@H](OCc2ccccc2)[C@H]1OCc1ccccc1. The summed E-state index contributed by atoms with van der Waals surface area (Å²) < 4.78 is 33.9. The number of nitrogens with zero attached hydrogens (tertiary/aromatic N) is 1. The minimum Gasteiger partial charge on any atom is -0.374 e. The van der Waals surface area contributed by atoms with Crippen molar-refractivity contribution in [1.82, 2.24) is 4.98 Å². The van der Waals surface area contributed by atoms with E-state index in [0.29, 0.717) is 24.8 Å². The van der Waals surface area contributed by atoms with Crippen LogP contribution in [0.1, 0.15) is 27.3 Å². The molecule has 52 heavy (non-hydrogen) atoms. The third-order valence-electron chi connectivity index (χ3n) is 8.68. The molecule has 6 atom stereocenters. The molecule has 1 fully saturated rings. The number of thiazole rings is 1. The van der Waals surface area contributed by atoms with Crippen molar-refractivity contribution in [3.8, 4) is 11.5 Å². The molecule has 0 radical (unpaired) electrons. The fourth-order valence-electron chi connectivity index (χ4n) is 6.07. The number of rotatable bonds is 15. The van der Waals surface area contributed by atoms with Crippen LogP contribution in [0.4, 0.5) is 0 Å². The van der Waals surface area contributed by atoms with Crippen molar-refractivity contribution in [2.24, 2.45) is 0 Å². The molecule has 0 bridgehead atoms. The number of benzene rings is 4. The predicted octanol–water partition coefficient (Wildman–Crippen LogP) is 7.95. The zero-order valence-corrected chi connectivity index (χ0v) is 31.8. The Hall–Kier alpha value is -3.95. The lowest BCUT2D eigenvalue weighted by Crippen LogP contribution is -2.66. The molecule has 1 aromatic heterocycles. The first-order valence-corrected chi connectivity index (χ1v) is 22.1. The highest BCUT2D eigenvalue weighted by atomic mass is 32.1. The molecule has 1 saturated heterocycles. The lowest BCUT2D eigenvalue weighted by Gasteiger charge is -2.49. The standard InChI is InChI=1S/C43H47NO6SSi/c1-52(2,3)27-24-43(45,42-44-25-26-51-42)41-40(49-31-36-22-14-7-15-23-36)39(48-30-35-20-12-6-13-21-35)38(47-29-34-18-10-5-11-19-34)37(50-41)32-46-28-33-16-8-4-9-17-33/h4-23,25-26,37-41,45H,28-32H2,1-3H3/t37-,38-,39+,40-,41-,43-/m1/s1. The summed E-state index contributed by atoms with van der Waals surface area (Å²) in [5.74, 6) is 3.28. The van der Waals surface area contributed by atoms with Gasteiger partial charge in [0.25, 0.3) is 0 Å². The quantitative estimate of drug-likeness (QED) is 0.0865. The minimum atomic E-state index is -1.97. The maximum atomic E-state index is 12.9. The maximum Gasteiger partial charge on any atom is 0.206 e. The van der Waals surface area contributed by atoms with E-state index in [4.69, 9.17) is 23.7 Å². The second-order valence-electron chi connectivity index (χ2n) is 14.0. The van der Waals surface area contributed by atoms with Crippen molar-refractivity contribution in [2.75, 3.05) is 6.61 Å². The van der Waals surface area contributed by atoms with E-state index in [1.165, 1.54) is 11.3 Å². The van der Waals surface area contributed by atoms with E-state index in [1.807, 2.05) is 127 Å². The van der Waals surface area contributed by atoms with Gasteiger partial charge >= 0.3 is 0 Å². The normalized spacial score (nSPS) is 21.5. The molecule has 7 nitrogen and oxygen atoms in total. The van der Waals surface area contributed by atoms with Crippen LogP contribution in [0.25, 0.3) is 0 Å². The molecule has 0 amide bonds. The Morgan fingerprint density at radius 1 is 0.673 bits per heavy atom. The molecule has 1 aliphatic heterocycles. The topological polar surface area (TPSA) is 79.3 Å². The van der Waals surface area contributed by atoms with Gasteiger partial charge in [-0.05, 0) is 22.3 Å². The van der Waals surface area contributed by atoms with Gasteiger partial charge in [0.05, 0.1) is 33.0 Å². The fraction of sp³-hybridized carbons (Fsp3) is 0.326. The Morgan fingerprint density at radius 2 is 1.13 bits per heavy atom. The van der Waals surface area contributed by atoms with E-state index >= 15 is 0 Å². The lowest BCUT2D eigenvalue weighted by molar-refractivity contribution is -0.296. The van der Waals surface area contributed by atoms with E-state index in [9.17, 15) is 5.11 Å². The minimum absolute atomic E-state index is 0.177. The Bertz CT molecular complexity index is 1830. The molecule has 5 aromatic rings. The largest absolute Gasteiger partial charge is 0.374 e. The second-order valence-corrected chi connectivity index (χ2v) is 19.6. The summed E-state index contributed by atoms with van der Waals surface area (Å²) in [5, 5.41) is 15.2. The molecular formula is C43H47NO6SSi. The van der Waals surface area contributed by atoms with Crippen LogP contribution in [-0.2, 0) is 55.7 Å². The summed E-state index contributed by atoms with van der Waals surface area (Å²) in [4.78, 5) is 4.60. The Kier molecular flexibility index (Phi) is 13.2. The average molecular weight is 734 g/mol. The summed E-state index contributed by atoms with van der Waals surface area (Å²) in [7, 11) is -1.97. The van der Waals surface area contributed by atoms with E-state index in [-0.39, 0.29) is 13.2 Å². The predicted molar refractivity (Wildman–Crippen MR) is 207 cm³/mol. The molecule has 1 aliphatic rings. The molecule has 0 unspecified atom stereocenters. The van der Waals surface area contributed by atoms with Crippen LogP contribution in [0, 0.1) is 11.5 Å². The van der Waals surface area contributed by atoms with E-state index in [0.717, 1.165) is 22.3 Å². The van der Waals surface area contributed by atoms with Gasteiger partial charge in [0.15, 0.2) is 0 Å². The van der Waals surface area contributed by atoms with E-state index < -0.39 is 44.2 Å². The summed E-state index contributed by atoms with van der Waals surface area (Å²) >= 11 is 1.34. The van der Waals surface area contributed by atoms with E-state index in [2.05, 4.69) is 36.1 Å². The van der Waals surface area contributed by atoms with Gasteiger partial charge in [-0.3, -0.25) is 0 Å². The molecular weight excluding hydrogens is 687 g/mol. The van der Waals surface area contributed by atoms with Crippen molar-refractivity contribution >= 4 is 19.4 Å². The van der Waals surface area contributed by atoms with Gasteiger partial charge in [-0.2, -0.15) is 0 Å². The molecule has 1 N–H and O–H groups in total. The summed E-state index contributed by atoms with van der Waals surface area (Å²) in [6.07, 6.45) is -2.14. The third kappa shape index (κ3) is 10.3. The molecule has 9 heteroatoms. The molecule has 270 valence electrons. The Labute approximate surface area is 312 Å². The van der Waals surface area contributed by atoms with Crippen molar-refractivity contribution in [2.45, 2.75) is 82.2 Å². The number of aliphatic hydroxyl groups is 1. The van der Waals surface area contributed by atoms with Crippen LogP contribution in [0.15, 0.2) is 133 Å². The fourth-order valence-corrected chi connectivity index (χ4v) is 7.35. The van der Waals surface area contributed by atoms with Gasteiger partial charge in [0.1, 0.15) is 43.6 Å². The Morgan fingerprint density at radius 3 is 1.60 bits per heavy atom. The lowest BCUT2D eigenvalue weighted by atomic mass is 9.84. The third-order valence-corrected chi connectivity index (χ3v) is 10.5. The van der Waals surface area contributed by atoms with Gasteiger partial charge in [-0.1, -0.05) is 147 Å². The van der Waals surface area contributed by atoms with Crippen molar-refractivity contribution in [3.05, 3.63) is 160 Å². The van der Waals surface area contributed by atoms with Gasteiger partial charge in [-0.25, -0.2) is 4.98 Å². The maximum absolute atomic E-state index is 12.9. The first kappa shape index (κ1) is 37.8. The van der Waals surface area contributed by atoms with Crippen LogP contribution in [0.3, 0.4) is 0 Å². The van der Waals surface area contributed by atoms with Gasteiger partial charge in [-0.15, -0.1) is 16.9 Å². The van der Waals surface area contributed by atoms with Crippen molar-refractivity contribution < 1.29 is 28.8 Å². The van der Waals surface area contributed by atoms with Crippen molar-refractivity contribution in [3.63, 3.8) is 0 Å². The number of aromatic nitrogens is 1. The number of hydrogen-bond acceptors (Lipinski definition) is 8. The van der Waals surface area contributed by atoms with Crippen LogP contribution in [0.2, 0.25) is 19.6 Å². The second kappa shape index (κ2) is 18.2. The molecule has 4 aromatic carbocycles. The van der Waals surface area contributed by atoms with Gasteiger partial charge in [0, 0.05) is 11.6 Å². The number of hydrogen-bond donors (Lipinski definition) is 1. The molecule has 0 saturated carbocycles. The summed E-state index contributed by atoms with van der Waals surface area (Å²) in [5.41, 5.74) is 5.63. The van der Waals surface area contributed by atoms with Crippen LogP contribution in [0.5, 0.6) is 0 Å². The van der Waals surface area contributed by atoms with Gasteiger partial charge < -0.3 is 28.8 Å². The number of ether oxygens (including phenoxy) is 5. The molecule has 0 spiro atoms. The molecule has 6 rings (SSSR count). The molecule has 2 heterocycles. The Balaban J connectivity index is 1.43. The average Bonchev–Trinajstić information content (AvgIpc) is 3.72. The summed E-state index contributed by atoms with van der Waals surface area (Å²) in [6, 6.07) is 40.0. The zero-order valence-electron chi connectivity index (χ0n) is 30.0. The highest BCUT2D eigenvalue weighted by Crippen LogP contribution is 2.40. The smallest absolute Gasteiger partial charge is 0.206 e. The first-order valence-electron chi connectivity index (χ1n) is 17.7. The first-order chi connectivity index (χ1) is 25.3. The summed E-state index contributed by atoms with van der Waals surface area (Å²) in [6.45, 7) is 7.86. The van der Waals surface area contributed by atoms with Crippen LogP contribution >= 0.6 is 11.3 Å². The molecule has 0 aliphatic carbocycles. The highest BCUT2D eigenvalue weighted by molar-refractivity contribution is 7.09. The van der Waals surface area contributed by atoms with Crippen LogP contribution in [-0.4, -0.2) is 55.3 Å². The van der Waals surface area contributed by atoms with Crippen molar-refractivity contribution in [1.29, 1.82) is 0 Å². The highest BCUT2D eigenvalue weighted by Gasteiger charge is 2.57.